The third-order valence-corrected chi connectivity index (χ3v) is 5.22. The monoisotopic (exact) mass is 499 g/mol. The first-order chi connectivity index (χ1) is 12.7. The molecule has 27 heavy (non-hydrogen) atoms. The lowest BCUT2D eigenvalue weighted by atomic mass is 10.2. The van der Waals surface area contributed by atoms with Crippen LogP contribution in [0.1, 0.15) is 23.5 Å². The Morgan fingerprint density at radius 2 is 2.15 bits per heavy atom. The summed E-state index contributed by atoms with van der Waals surface area (Å²) < 4.78 is 2.99. The summed E-state index contributed by atoms with van der Waals surface area (Å²) in [6, 6.07) is 10.2. The second kappa shape index (κ2) is 10.6. The maximum absolute atomic E-state index is 10.5. The molecule has 0 fully saturated rings. The molecule has 1 atom stereocenters. The van der Waals surface area contributed by atoms with Crippen LogP contribution in [0, 0.1) is 0 Å². The van der Waals surface area contributed by atoms with Gasteiger partial charge >= 0.3 is 0 Å². The number of benzene rings is 1. The number of aryl methyl sites for hydroxylation is 1. The Morgan fingerprint density at radius 3 is 2.85 bits per heavy atom. The van der Waals surface area contributed by atoms with Crippen LogP contribution in [0.15, 0.2) is 47.7 Å². The lowest BCUT2D eigenvalue weighted by molar-refractivity contribution is 0.191. The summed E-state index contributed by atoms with van der Waals surface area (Å²) in [6.07, 6.45) is 4.16. The first kappa shape index (κ1) is 21.6. The second-order valence-corrected chi connectivity index (χ2v) is 7.24. The number of thiophene rings is 1. The molecule has 0 saturated carbocycles. The summed E-state index contributed by atoms with van der Waals surface area (Å²) in [5.74, 6) is 0.719. The number of nitrogens with one attached hydrogen (secondary N) is 2. The van der Waals surface area contributed by atoms with Crippen LogP contribution in [0.4, 0.5) is 0 Å². The third-order valence-electron chi connectivity index (χ3n) is 4.00. The normalized spacial score (nSPS) is 12.6. The third kappa shape index (κ3) is 6.18. The van der Waals surface area contributed by atoms with Crippen LogP contribution in [0.5, 0.6) is 0 Å². The highest BCUT2D eigenvalue weighted by molar-refractivity contribution is 14.0. The fraction of sp³-hybridized carbons (Fsp3) is 0.368. The standard InChI is InChI=1S/C19H25N5OS.HI/c1-3-20-19(21-9-8-14-11-23-24(2)13-14)22-12-16(25)18-10-15-6-4-5-7-17(15)26-18;/h4-7,10-11,13,16,25H,3,8-9,12H2,1-2H3,(H2,20,21,22);1H. The molecular formula is C19H26IN5OS. The average molecular weight is 499 g/mol. The number of nitrogens with zero attached hydrogens (tertiary/aromatic N) is 3. The van der Waals surface area contributed by atoms with Crippen molar-refractivity contribution in [2.45, 2.75) is 19.4 Å². The number of aromatic nitrogens is 2. The molecule has 2 heterocycles. The molecule has 0 aliphatic heterocycles. The van der Waals surface area contributed by atoms with E-state index in [1.807, 2.05) is 44.6 Å². The number of aliphatic hydroxyl groups is 1. The summed E-state index contributed by atoms with van der Waals surface area (Å²) in [7, 11) is 1.91. The van der Waals surface area contributed by atoms with Crippen LogP contribution in [0.2, 0.25) is 0 Å². The van der Waals surface area contributed by atoms with Gasteiger partial charge in [-0.05, 0) is 36.4 Å². The van der Waals surface area contributed by atoms with Gasteiger partial charge in [0.15, 0.2) is 5.96 Å². The van der Waals surface area contributed by atoms with Crippen LogP contribution < -0.4 is 10.6 Å². The van der Waals surface area contributed by atoms with Gasteiger partial charge in [-0.1, -0.05) is 18.2 Å². The van der Waals surface area contributed by atoms with Gasteiger partial charge in [-0.15, -0.1) is 35.3 Å². The number of aliphatic hydroxyl groups excluding tert-OH is 1. The van der Waals surface area contributed by atoms with Crippen LogP contribution >= 0.6 is 35.3 Å². The van der Waals surface area contributed by atoms with E-state index < -0.39 is 6.10 Å². The molecule has 146 valence electrons. The lowest BCUT2D eigenvalue weighted by Gasteiger charge is -2.12. The van der Waals surface area contributed by atoms with Crippen molar-refractivity contribution in [2.24, 2.45) is 12.0 Å². The molecule has 2 aromatic heterocycles. The Kier molecular flexibility index (Phi) is 8.52. The van der Waals surface area contributed by atoms with Crippen molar-refractivity contribution in [1.82, 2.24) is 20.4 Å². The fourth-order valence-corrected chi connectivity index (χ4v) is 3.74. The molecule has 3 aromatic rings. The van der Waals surface area contributed by atoms with E-state index in [0.717, 1.165) is 35.7 Å². The van der Waals surface area contributed by atoms with Crippen LogP contribution in [-0.2, 0) is 13.5 Å². The van der Waals surface area contributed by atoms with E-state index in [0.29, 0.717) is 6.54 Å². The van der Waals surface area contributed by atoms with E-state index in [2.05, 4.69) is 32.9 Å². The molecule has 1 unspecified atom stereocenters. The van der Waals surface area contributed by atoms with Gasteiger partial charge in [-0.2, -0.15) is 5.10 Å². The molecule has 0 aliphatic carbocycles. The van der Waals surface area contributed by atoms with E-state index in [-0.39, 0.29) is 24.0 Å². The molecule has 8 heteroatoms. The van der Waals surface area contributed by atoms with E-state index in [1.54, 1.807) is 16.0 Å². The second-order valence-electron chi connectivity index (χ2n) is 6.12. The number of rotatable bonds is 7. The molecule has 1 aromatic carbocycles. The van der Waals surface area contributed by atoms with Crippen molar-refractivity contribution in [2.75, 3.05) is 19.6 Å². The summed E-state index contributed by atoms with van der Waals surface area (Å²) in [5.41, 5.74) is 1.18. The smallest absolute Gasteiger partial charge is 0.191 e. The molecule has 6 nitrogen and oxygen atoms in total. The molecule has 0 aliphatic rings. The first-order valence-corrected chi connectivity index (χ1v) is 9.63. The number of hydrogen-bond donors (Lipinski definition) is 3. The topological polar surface area (TPSA) is 74.5 Å². The van der Waals surface area contributed by atoms with Gasteiger partial charge in [0.2, 0.25) is 0 Å². The summed E-state index contributed by atoms with van der Waals surface area (Å²) in [4.78, 5) is 5.47. The number of aliphatic imine (C=N–C) groups is 1. The summed E-state index contributed by atoms with van der Waals surface area (Å²) >= 11 is 1.62. The van der Waals surface area contributed by atoms with Gasteiger partial charge in [-0.25, -0.2) is 0 Å². The van der Waals surface area contributed by atoms with Crippen LogP contribution in [-0.4, -0.2) is 40.5 Å². The summed E-state index contributed by atoms with van der Waals surface area (Å²) in [5, 5.41) is 22.3. The van der Waals surface area contributed by atoms with Gasteiger partial charge in [0, 0.05) is 35.9 Å². The molecule has 0 amide bonds. The molecular weight excluding hydrogens is 473 g/mol. The largest absolute Gasteiger partial charge is 0.386 e. The fourth-order valence-electron chi connectivity index (χ4n) is 2.70. The maximum Gasteiger partial charge on any atom is 0.191 e. The minimum absolute atomic E-state index is 0. The predicted octanol–water partition coefficient (Wildman–Crippen LogP) is 3.08. The molecule has 0 saturated heterocycles. The Labute approximate surface area is 180 Å². The minimum atomic E-state index is -0.596. The predicted molar refractivity (Wildman–Crippen MR) is 123 cm³/mol. The van der Waals surface area contributed by atoms with Crippen LogP contribution in [0.3, 0.4) is 0 Å². The van der Waals surface area contributed by atoms with Crippen molar-refractivity contribution in [1.29, 1.82) is 0 Å². The number of guanidine groups is 1. The van der Waals surface area contributed by atoms with Gasteiger partial charge in [0.25, 0.3) is 0 Å². The van der Waals surface area contributed by atoms with E-state index in [9.17, 15) is 5.11 Å². The van der Waals surface area contributed by atoms with Crippen LogP contribution in [0.25, 0.3) is 10.1 Å². The van der Waals surface area contributed by atoms with E-state index in [4.69, 9.17) is 0 Å². The Hall–Kier alpha value is -1.65. The average Bonchev–Trinajstić information content (AvgIpc) is 3.25. The molecule has 3 rings (SSSR count). The lowest BCUT2D eigenvalue weighted by Crippen LogP contribution is -2.38. The molecule has 3 N–H and O–H groups in total. The highest BCUT2D eigenvalue weighted by Gasteiger charge is 2.11. The Morgan fingerprint density at radius 1 is 1.33 bits per heavy atom. The van der Waals surface area contributed by atoms with Crippen molar-refractivity contribution < 1.29 is 5.11 Å². The zero-order valence-electron chi connectivity index (χ0n) is 15.6. The molecule has 0 radical (unpaired) electrons. The van der Waals surface area contributed by atoms with Gasteiger partial charge in [-0.3, -0.25) is 9.67 Å². The van der Waals surface area contributed by atoms with Crippen molar-refractivity contribution in [3.05, 3.63) is 53.2 Å². The van der Waals surface area contributed by atoms with Gasteiger partial charge in [0.1, 0.15) is 6.10 Å². The van der Waals surface area contributed by atoms with Crippen molar-refractivity contribution >= 4 is 51.4 Å². The zero-order valence-corrected chi connectivity index (χ0v) is 18.7. The number of halogens is 1. The van der Waals surface area contributed by atoms with Gasteiger partial charge < -0.3 is 15.7 Å². The highest BCUT2D eigenvalue weighted by atomic mass is 127. The highest BCUT2D eigenvalue weighted by Crippen LogP contribution is 2.29. The Balaban J connectivity index is 0.00000261. The van der Waals surface area contributed by atoms with Gasteiger partial charge in [0.05, 0.1) is 12.7 Å². The molecule has 0 spiro atoms. The first-order valence-electron chi connectivity index (χ1n) is 8.82. The quantitative estimate of drug-likeness (QED) is 0.266. The Bertz CT molecular complexity index is 843. The SMILES string of the molecule is CCNC(=NCC(O)c1cc2ccccc2s1)NCCc1cnn(C)c1.I. The van der Waals surface area contributed by atoms with E-state index in [1.165, 1.54) is 10.3 Å². The van der Waals surface area contributed by atoms with Crippen molar-refractivity contribution in [3.8, 4) is 0 Å². The molecule has 0 bridgehead atoms. The van der Waals surface area contributed by atoms with E-state index >= 15 is 0 Å². The number of fused-ring (bicyclic) bond motifs is 1. The minimum Gasteiger partial charge on any atom is -0.386 e. The maximum atomic E-state index is 10.5. The zero-order chi connectivity index (χ0) is 18.4. The van der Waals surface area contributed by atoms with Crippen molar-refractivity contribution in [3.63, 3.8) is 0 Å². The number of hydrogen-bond acceptors (Lipinski definition) is 4. The summed E-state index contributed by atoms with van der Waals surface area (Å²) in [6.45, 7) is 3.89.